The Morgan fingerprint density at radius 1 is 1.56 bits per heavy atom. The van der Waals surface area contributed by atoms with E-state index in [0.717, 1.165) is 9.35 Å². The minimum absolute atomic E-state index is 0.267. The van der Waals surface area contributed by atoms with Crippen LogP contribution in [0.4, 0.5) is 4.79 Å². The zero-order chi connectivity index (χ0) is 11.7. The number of thiophene rings is 1. The van der Waals surface area contributed by atoms with E-state index in [1.807, 2.05) is 11.4 Å². The molecule has 6 heteroatoms. The first-order valence-electron chi connectivity index (χ1n) is 4.70. The Hall–Kier alpha value is -1.14. The Morgan fingerprint density at radius 2 is 2.31 bits per heavy atom. The average molecular weight is 301 g/mol. The third-order valence-electron chi connectivity index (χ3n) is 2.15. The van der Waals surface area contributed by atoms with Crippen LogP contribution in [-0.4, -0.2) is 23.4 Å². The van der Waals surface area contributed by atoms with Crippen molar-refractivity contribution in [3.63, 3.8) is 0 Å². The number of imide groups is 1. The third kappa shape index (κ3) is 2.03. The van der Waals surface area contributed by atoms with Crippen LogP contribution in [0.15, 0.2) is 21.6 Å². The number of hydrogen-bond donors (Lipinski definition) is 1. The van der Waals surface area contributed by atoms with Gasteiger partial charge in [0.2, 0.25) is 0 Å². The normalized spacial score (nSPS) is 18.4. The molecule has 1 aromatic heterocycles. The van der Waals surface area contributed by atoms with Crippen LogP contribution in [-0.2, 0) is 4.79 Å². The second kappa shape index (κ2) is 4.39. The van der Waals surface area contributed by atoms with Crippen LogP contribution in [0.3, 0.4) is 0 Å². The molecule has 2 rings (SSSR count). The predicted octanol–water partition coefficient (Wildman–Crippen LogP) is 2.42. The van der Waals surface area contributed by atoms with Crippen molar-refractivity contribution in [1.82, 2.24) is 10.2 Å². The van der Waals surface area contributed by atoms with Gasteiger partial charge in [-0.25, -0.2) is 4.79 Å². The van der Waals surface area contributed by atoms with Gasteiger partial charge >= 0.3 is 6.03 Å². The molecule has 0 spiro atoms. The molecule has 1 aliphatic heterocycles. The Bertz CT molecular complexity index is 481. The number of carbonyl (C=O) groups is 2. The first kappa shape index (κ1) is 11.3. The van der Waals surface area contributed by atoms with Gasteiger partial charge in [0, 0.05) is 21.3 Å². The number of nitrogens with one attached hydrogen (secondary N) is 1. The van der Waals surface area contributed by atoms with Crippen molar-refractivity contribution in [1.29, 1.82) is 0 Å². The van der Waals surface area contributed by atoms with E-state index in [9.17, 15) is 9.59 Å². The quantitative estimate of drug-likeness (QED) is 0.673. The monoisotopic (exact) mass is 300 g/mol. The van der Waals surface area contributed by atoms with Gasteiger partial charge in [-0.05, 0) is 35.0 Å². The van der Waals surface area contributed by atoms with Crippen molar-refractivity contribution in [2.24, 2.45) is 0 Å². The first-order chi connectivity index (χ1) is 7.61. The highest BCUT2D eigenvalue weighted by molar-refractivity contribution is 9.10. The molecule has 1 saturated heterocycles. The van der Waals surface area contributed by atoms with Gasteiger partial charge in [-0.3, -0.25) is 9.69 Å². The molecule has 1 aromatic rings. The fourth-order valence-corrected chi connectivity index (χ4v) is 2.78. The van der Waals surface area contributed by atoms with Gasteiger partial charge in [0.1, 0.15) is 5.70 Å². The Morgan fingerprint density at radius 3 is 2.81 bits per heavy atom. The predicted molar refractivity (Wildman–Crippen MR) is 65.9 cm³/mol. The minimum atomic E-state index is -0.352. The maximum atomic E-state index is 11.7. The van der Waals surface area contributed by atoms with E-state index in [-0.39, 0.29) is 11.9 Å². The summed E-state index contributed by atoms with van der Waals surface area (Å²) in [5, 5.41) is 4.47. The SMILES string of the molecule is CCN1C(=O)N/C(=C\c2cc(Br)cs2)C1=O. The lowest BCUT2D eigenvalue weighted by molar-refractivity contribution is -0.122. The van der Waals surface area contributed by atoms with Crippen LogP contribution in [0.2, 0.25) is 0 Å². The van der Waals surface area contributed by atoms with Crippen molar-refractivity contribution in [3.8, 4) is 0 Å². The number of carbonyl (C=O) groups excluding carboxylic acids is 2. The third-order valence-corrected chi connectivity index (χ3v) is 3.79. The molecule has 0 unspecified atom stereocenters. The van der Waals surface area contributed by atoms with Gasteiger partial charge in [0.25, 0.3) is 5.91 Å². The lowest BCUT2D eigenvalue weighted by atomic mass is 10.3. The lowest BCUT2D eigenvalue weighted by Gasteiger charge is -2.05. The second-order valence-electron chi connectivity index (χ2n) is 3.20. The molecule has 3 amide bonds. The van der Waals surface area contributed by atoms with E-state index >= 15 is 0 Å². The fourth-order valence-electron chi connectivity index (χ4n) is 1.41. The van der Waals surface area contributed by atoms with Gasteiger partial charge in [0.15, 0.2) is 0 Å². The van der Waals surface area contributed by atoms with Gasteiger partial charge in [0.05, 0.1) is 0 Å². The van der Waals surface area contributed by atoms with E-state index in [0.29, 0.717) is 12.2 Å². The summed E-state index contributed by atoms with van der Waals surface area (Å²) in [7, 11) is 0. The summed E-state index contributed by atoms with van der Waals surface area (Å²) in [4.78, 5) is 25.2. The highest BCUT2D eigenvalue weighted by atomic mass is 79.9. The molecule has 1 N–H and O–H groups in total. The van der Waals surface area contributed by atoms with Gasteiger partial charge in [-0.2, -0.15) is 0 Å². The molecule has 16 heavy (non-hydrogen) atoms. The van der Waals surface area contributed by atoms with Crippen molar-refractivity contribution in [2.45, 2.75) is 6.92 Å². The summed E-state index contributed by atoms with van der Waals surface area (Å²) >= 11 is 4.84. The number of likely N-dealkylation sites (N-methyl/N-ethyl adjacent to an activating group) is 1. The van der Waals surface area contributed by atoms with E-state index in [4.69, 9.17) is 0 Å². The maximum absolute atomic E-state index is 11.7. The largest absolute Gasteiger partial charge is 0.328 e. The van der Waals surface area contributed by atoms with Crippen LogP contribution >= 0.6 is 27.3 Å². The van der Waals surface area contributed by atoms with Gasteiger partial charge in [-0.1, -0.05) is 0 Å². The van der Waals surface area contributed by atoms with Crippen LogP contribution in [0.5, 0.6) is 0 Å². The molecule has 2 heterocycles. The zero-order valence-electron chi connectivity index (χ0n) is 8.49. The number of amides is 3. The molecule has 0 aromatic carbocycles. The smallest absolute Gasteiger partial charge is 0.303 e. The number of rotatable bonds is 2. The summed E-state index contributed by atoms with van der Waals surface area (Å²) in [6, 6.07) is 1.54. The van der Waals surface area contributed by atoms with E-state index < -0.39 is 0 Å². The topological polar surface area (TPSA) is 49.4 Å². The summed E-state index contributed by atoms with van der Waals surface area (Å²) in [5.74, 6) is -0.267. The molecular formula is C10H9BrN2O2S. The second-order valence-corrected chi connectivity index (χ2v) is 5.06. The van der Waals surface area contributed by atoms with Crippen LogP contribution < -0.4 is 5.32 Å². The van der Waals surface area contributed by atoms with Crippen LogP contribution in [0.25, 0.3) is 6.08 Å². The van der Waals surface area contributed by atoms with Crippen molar-refractivity contribution < 1.29 is 9.59 Å². The molecule has 0 radical (unpaired) electrons. The van der Waals surface area contributed by atoms with Crippen molar-refractivity contribution >= 4 is 45.3 Å². The van der Waals surface area contributed by atoms with Crippen molar-refractivity contribution in [2.75, 3.05) is 6.54 Å². The number of urea groups is 1. The molecule has 0 bridgehead atoms. The summed E-state index contributed by atoms with van der Waals surface area (Å²) < 4.78 is 0.966. The lowest BCUT2D eigenvalue weighted by Crippen LogP contribution is -2.30. The van der Waals surface area contributed by atoms with Gasteiger partial charge < -0.3 is 5.32 Å². The Kier molecular flexibility index (Phi) is 3.11. The maximum Gasteiger partial charge on any atom is 0.328 e. The van der Waals surface area contributed by atoms with Gasteiger partial charge in [-0.15, -0.1) is 11.3 Å². The highest BCUT2D eigenvalue weighted by Crippen LogP contribution is 2.23. The van der Waals surface area contributed by atoms with Crippen LogP contribution in [0.1, 0.15) is 11.8 Å². The Balaban J connectivity index is 2.27. The number of halogens is 1. The molecule has 0 saturated carbocycles. The zero-order valence-corrected chi connectivity index (χ0v) is 10.9. The van der Waals surface area contributed by atoms with E-state index in [1.54, 1.807) is 13.0 Å². The molecule has 84 valence electrons. The minimum Gasteiger partial charge on any atom is -0.303 e. The standard InChI is InChI=1S/C10H9BrN2O2S/c1-2-13-9(14)8(12-10(13)15)4-7-3-6(11)5-16-7/h3-5H,2H2,1H3,(H,12,15)/b8-4-. The summed E-state index contributed by atoms with van der Waals surface area (Å²) in [5.41, 5.74) is 0.334. The first-order valence-corrected chi connectivity index (χ1v) is 6.37. The molecular weight excluding hydrogens is 292 g/mol. The average Bonchev–Trinajstić information content (AvgIpc) is 2.74. The summed E-state index contributed by atoms with van der Waals surface area (Å²) in [6.45, 7) is 2.15. The molecule has 1 fully saturated rings. The van der Waals surface area contributed by atoms with E-state index in [1.165, 1.54) is 16.2 Å². The molecule has 4 nitrogen and oxygen atoms in total. The van der Waals surface area contributed by atoms with Crippen molar-refractivity contribution in [3.05, 3.63) is 26.5 Å². The molecule has 0 aliphatic carbocycles. The summed E-state index contributed by atoms with van der Waals surface area (Å²) in [6.07, 6.45) is 1.69. The number of nitrogens with zero attached hydrogens (tertiary/aromatic N) is 1. The highest BCUT2D eigenvalue weighted by Gasteiger charge is 2.31. The fraction of sp³-hybridized carbons (Fsp3) is 0.200. The molecule has 0 atom stereocenters. The van der Waals surface area contributed by atoms with E-state index in [2.05, 4.69) is 21.2 Å². The Labute approximate surface area is 105 Å². The number of hydrogen-bond acceptors (Lipinski definition) is 3. The molecule has 1 aliphatic rings. The van der Waals surface area contributed by atoms with Crippen LogP contribution in [0, 0.1) is 0 Å².